The number of unbranched alkanes of at least 4 members (excludes halogenated alkanes) is 1. The third-order valence-corrected chi connectivity index (χ3v) is 3.45. The Morgan fingerprint density at radius 1 is 1.25 bits per heavy atom. The number of anilines is 1. The van der Waals surface area contributed by atoms with E-state index in [4.69, 9.17) is 15.2 Å². The van der Waals surface area contributed by atoms with Crippen LogP contribution in [0.15, 0.2) is 40.2 Å². The second-order valence-corrected chi connectivity index (χ2v) is 5.46. The highest BCUT2D eigenvalue weighted by atomic mass is 16.5. The summed E-state index contributed by atoms with van der Waals surface area (Å²) in [6.07, 6.45) is 3.62. The first-order valence-electron chi connectivity index (χ1n) is 7.89. The maximum Gasteiger partial charge on any atom is 0.273 e. The minimum absolute atomic E-state index is 0.268. The van der Waals surface area contributed by atoms with Gasteiger partial charge in [0.2, 0.25) is 0 Å². The molecule has 128 valence electrons. The van der Waals surface area contributed by atoms with Gasteiger partial charge >= 0.3 is 0 Å². The van der Waals surface area contributed by atoms with Gasteiger partial charge in [0.1, 0.15) is 5.82 Å². The van der Waals surface area contributed by atoms with Crippen LogP contribution in [0.25, 0.3) is 0 Å². The van der Waals surface area contributed by atoms with Crippen LogP contribution in [-0.4, -0.2) is 24.6 Å². The lowest BCUT2D eigenvalue weighted by Crippen LogP contribution is -2.19. The fourth-order valence-electron chi connectivity index (χ4n) is 2.18. The number of aryl methyl sites for hydroxylation is 1. The fourth-order valence-corrected chi connectivity index (χ4v) is 2.18. The molecular weight excluding hydrogens is 306 g/mol. The average Bonchev–Trinajstić information content (AvgIpc) is 2.55. The Morgan fingerprint density at radius 3 is 2.71 bits per heavy atom. The predicted octanol–water partition coefficient (Wildman–Crippen LogP) is 2.81. The van der Waals surface area contributed by atoms with Crippen LogP contribution in [0.1, 0.15) is 30.9 Å². The maximum absolute atomic E-state index is 11.9. The Morgan fingerprint density at radius 2 is 2.04 bits per heavy atom. The lowest BCUT2D eigenvalue weighted by atomic mass is 10.2. The van der Waals surface area contributed by atoms with Crippen LogP contribution in [-0.2, 0) is 0 Å². The largest absolute Gasteiger partial charge is 0.493 e. The zero-order valence-electron chi connectivity index (χ0n) is 14.3. The molecule has 0 radical (unpaired) electrons. The molecule has 0 atom stereocenters. The number of hydrogen-bond acceptors (Lipinski definition) is 5. The molecule has 0 aliphatic carbocycles. The molecule has 6 heteroatoms. The van der Waals surface area contributed by atoms with E-state index < -0.39 is 0 Å². The van der Waals surface area contributed by atoms with E-state index in [1.807, 2.05) is 19.1 Å². The zero-order chi connectivity index (χ0) is 17.5. The molecule has 0 aliphatic heterocycles. The van der Waals surface area contributed by atoms with Gasteiger partial charge in [0.05, 0.1) is 19.9 Å². The predicted molar refractivity (Wildman–Crippen MR) is 96.2 cm³/mol. The van der Waals surface area contributed by atoms with Crippen molar-refractivity contribution >= 4 is 12.0 Å². The number of aromatic nitrogens is 1. The third kappa shape index (κ3) is 4.38. The van der Waals surface area contributed by atoms with Crippen molar-refractivity contribution in [3.8, 4) is 11.5 Å². The number of rotatable bonds is 7. The molecule has 24 heavy (non-hydrogen) atoms. The summed E-state index contributed by atoms with van der Waals surface area (Å²) in [5.41, 5.74) is 7.15. The number of benzene rings is 1. The van der Waals surface area contributed by atoms with Gasteiger partial charge in [-0.3, -0.25) is 4.79 Å². The fraction of sp³-hybridized carbons (Fsp3) is 0.333. The summed E-state index contributed by atoms with van der Waals surface area (Å²) in [5, 5.41) is 4.15. The molecule has 2 N–H and O–H groups in total. The molecule has 0 unspecified atom stereocenters. The summed E-state index contributed by atoms with van der Waals surface area (Å²) in [6, 6.07) is 8.67. The summed E-state index contributed by atoms with van der Waals surface area (Å²) in [5.74, 6) is 1.61. The third-order valence-electron chi connectivity index (χ3n) is 3.45. The van der Waals surface area contributed by atoms with Gasteiger partial charge in [-0.1, -0.05) is 13.3 Å². The molecule has 0 bridgehead atoms. The van der Waals surface area contributed by atoms with Gasteiger partial charge < -0.3 is 15.2 Å². The van der Waals surface area contributed by atoms with Gasteiger partial charge in [-0.15, -0.1) is 0 Å². The van der Waals surface area contributed by atoms with E-state index in [0.717, 1.165) is 28.6 Å². The van der Waals surface area contributed by atoms with E-state index in [2.05, 4.69) is 12.0 Å². The smallest absolute Gasteiger partial charge is 0.273 e. The van der Waals surface area contributed by atoms with Crippen molar-refractivity contribution in [2.75, 3.05) is 19.5 Å². The van der Waals surface area contributed by atoms with Gasteiger partial charge in [-0.2, -0.15) is 9.78 Å². The van der Waals surface area contributed by atoms with Gasteiger partial charge in [-0.05, 0) is 48.7 Å². The Kier molecular flexibility index (Phi) is 6.01. The Balaban J connectivity index is 2.23. The number of ether oxygens (including phenoxy) is 2. The van der Waals surface area contributed by atoms with Crippen molar-refractivity contribution in [3.63, 3.8) is 0 Å². The summed E-state index contributed by atoms with van der Waals surface area (Å²) in [4.78, 5) is 11.9. The SMILES string of the molecule is CCCCOc1ccc(C=Nn2c(N)cc(C)cc2=O)cc1OC. The van der Waals surface area contributed by atoms with Crippen LogP contribution in [0.3, 0.4) is 0 Å². The van der Waals surface area contributed by atoms with Crippen molar-refractivity contribution < 1.29 is 9.47 Å². The summed E-state index contributed by atoms with van der Waals surface area (Å²) < 4.78 is 12.2. The van der Waals surface area contributed by atoms with Gasteiger partial charge in [0, 0.05) is 6.07 Å². The van der Waals surface area contributed by atoms with Crippen molar-refractivity contribution in [2.24, 2.45) is 5.10 Å². The average molecular weight is 329 g/mol. The van der Waals surface area contributed by atoms with E-state index in [1.54, 1.807) is 25.5 Å². The van der Waals surface area contributed by atoms with Crippen LogP contribution in [0, 0.1) is 6.92 Å². The second-order valence-electron chi connectivity index (χ2n) is 5.46. The maximum atomic E-state index is 11.9. The molecular formula is C18H23N3O3. The molecule has 0 saturated carbocycles. The molecule has 2 aromatic rings. The summed E-state index contributed by atoms with van der Waals surface area (Å²) in [7, 11) is 1.59. The first kappa shape index (κ1) is 17.6. The zero-order valence-corrected chi connectivity index (χ0v) is 14.3. The minimum Gasteiger partial charge on any atom is -0.493 e. The van der Waals surface area contributed by atoms with Crippen molar-refractivity contribution in [2.45, 2.75) is 26.7 Å². The molecule has 0 aliphatic rings. The standard InChI is InChI=1S/C18H23N3O3/c1-4-5-8-24-15-7-6-14(11-16(15)23-3)12-20-21-17(19)9-13(2)10-18(21)22/h6-7,9-12H,4-5,8,19H2,1-3H3. The number of hydrogen-bond donors (Lipinski definition) is 1. The topological polar surface area (TPSA) is 78.8 Å². The van der Waals surface area contributed by atoms with E-state index in [0.29, 0.717) is 23.9 Å². The van der Waals surface area contributed by atoms with E-state index in [9.17, 15) is 4.79 Å². The first-order valence-corrected chi connectivity index (χ1v) is 7.89. The first-order chi connectivity index (χ1) is 11.5. The molecule has 6 nitrogen and oxygen atoms in total. The van der Waals surface area contributed by atoms with Crippen LogP contribution in [0.2, 0.25) is 0 Å². The molecule has 0 spiro atoms. The van der Waals surface area contributed by atoms with Gasteiger partial charge in [-0.25, -0.2) is 0 Å². The number of methoxy groups -OCH3 is 1. The van der Waals surface area contributed by atoms with Crippen molar-refractivity contribution in [1.82, 2.24) is 4.68 Å². The Bertz CT molecular complexity index is 782. The molecule has 2 rings (SSSR count). The van der Waals surface area contributed by atoms with Crippen molar-refractivity contribution in [1.29, 1.82) is 0 Å². The van der Waals surface area contributed by atoms with E-state index >= 15 is 0 Å². The Hall–Kier alpha value is -2.76. The highest BCUT2D eigenvalue weighted by molar-refractivity contribution is 5.81. The van der Waals surface area contributed by atoms with Crippen molar-refractivity contribution in [3.05, 3.63) is 51.8 Å². The summed E-state index contributed by atoms with van der Waals surface area (Å²) in [6.45, 7) is 4.57. The Labute approximate surface area is 141 Å². The normalized spacial score (nSPS) is 11.0. The molecule has 1 aromatic carbocycles. The van der Waals surface area contributed by atoms with Gasteiger partial charge in [0.15, 0.2) is 11.5 Å². The lowest BCUT2D eigenvalue weighted by Gasteiger charge is -2.11. The van der Waals surface area contributed by atoms with E-state index in [1.165, 1.54) is 6.07 Å². The number of nitrogens with zero attached hydrogens (tertiary/aromatic N) is 2. The number of nitrogens with two attached hydrogens (primary N) is 1. The minimum atomic E-state index is -0.268. The molecule has 0 fully saturated rings. The van der Waals surface area contributed by atoms with Crippen LogP contribution < -0.4 is 20.8 Å². The van der Waals surface area contributed by atoms with E-state index in [-0.39, 0.29) is 5.56 Å². The monoisotopic (exact) mass is 329 g/mol. The molecule has 1 heterocycles. The molecule has 1 aromatic heterocycles. The highest BCUT2D eigenvalue weighted by Gasteiger charge is 2.05. The van der Waals surface area contributed by atoms with Crippen LogP contribution in [0.5, 0.6) is 11.5 Å². The molecule has 0 saturated heterocycles. The quantitative estimate of drug-likeness (QED) is 0.626. The molecule has 0 amide bonds. The summed E-state index contributed by atoms with van der Waals surface area (Å²) >= 11 is 0. The number of pyridine rings is 1. The number of nitrogen functional groups attached to an aromatic ring is 1. The highest BCUT2D eigenvalue weighted by Crippen LogP contribution is 2.27. The van der Waals surface area contributed by atoms with Crippen LogP contribution in [0.4, 0.5) is 5.82 Å². The van der Waals surface area contributed by atoms with Gasteiger partial charge in [0.25, 0.3) is 5.56 Å². The second kappa shape index (κ2) is 8.19. The van der Waals surface area contributed by atoms with Crippen LogP contribution >= 0.6 is 0 Å². The lowest BCUT2D eigenvalue weighted by molar-refractivity contribution is 0.288.